The van der Waals surface area contributed by atoms with Crippen LogP contribution in [0.15, 0.2) is 0 Å². The molecule has 0 aromatic rings. The topological polar surface area (TPSA) is 696 Å². The first kappa shape index (κ1) is 78.2. The van der Waals surface area contributed by atoms with Gasteiger partial charge in [0, 0.05) is 13.8 Å². The molecular formula is C52H84N2O42. The van der Waals surface area contributed by atoms with Crippen molar-refractivity contribution in [2.45, 2.75) is 266 Å². The summed E-state index contributed by atoms with van der Waals surface area (Å²) in [7, 11) is 0. The minimum atomic E-state index is -2.70. The van der Waals surface area contributed by atoms with Gasteiger partial charge in [0.2, 0.25) is 11.8 Å². The van der Waals surface area contributed by atoms with E-state index in [1.807, 2.05) is 0 Å². The zero-order valence-electron chi connectivity index (χ0n) is 50.7. The molecule has 0 radical (unpaired) electrons. The highest BCUT2D eigenvalue weighted by molar-refractivity contribution is 5.75. The molecule has 1 unspecified atom stereocenters. The van der Waals surface area contributed by atoms with Gasteiger partial charge in [-0.15, -0.1) is 0 Å². The van der Waals surface area contributed by atoms with Crippen LogP contribution in [0.5, 0.6) is 0 Å². The zero-order valence-corrected chi connectivity index (χ0v) is 50.7. The zero-order chi connectivity index (χ0) is 71.0. The van der Waals surface area contributed by atoms with Crippen molar-refractivity contribution in [3.8, 4) is 0 Å². The van der Waals surface area contributed by atoms with Crippen molar-refractivity contribution in [1.82, 2.24) is 10.6 Å². The Hall–Kier alpha value is -3.56. The van der Waals surface area contributed by atoms with Crippen molar-refractivity contribution in [2.24, 2.45) is 0 Å². The highest BCUT2D eigenvalue weighted by atomic mass is 16.8. The Balaban J connectivity index is 1.07. The van der Waals surface area contributed by atoms with Crippen LogP contribution >= 0.6 is 0 Å². The van der Waals surface area contributed by atoms with Gasteiger partial charge in [0.1, 0.15) is 177 Å². The maximum absolute atomic E-state index is 13.3. The molecule has 44 heteroatoms. The van der Waals surface area contributed by atoms with Gasteiger partial charge < -0.3 is 199 Å². The van der Waals surface area contributed by atoms with Gasteiger partial charge in [-0.25, -0.2) is 9.59 Å². The summed E-state index contributed by atoms with van der Waals surface area (Å²) in [6.07, 6.45) is -81.7. The number of hydrogen-bond donors (Lipinski definition) is 25. The number of carboxylic acid groups (broad SMARTS) is 2. The molecule has 0 spiro atoms. The summed E-state index contributed by atoms with van der Waals surface area (Å²) in [5.41, 5.74) is 0. The summed E-state index contributed by atoms with van der Waals surface area (Å²) in [4.78, 5) is 50.9. The molecule has 0 saturated carbocycles. The Morgan fingerprint density at radius 3 is 1.24 bits per heavy atom. The van der Waals surface area contributed by atoms with Crippen LogP contribution in [0.4, 0.5) is 0 Å². The Bertz CT molecular complexity index is 2540. The normalized spacial score (nSPS) is 49.7. The molecule has 2 amide bonds. The first-order valence-electron chi connectivity index (χ1n) is 30.0. The molecule has 40 atom stereocenters. The summed E-state index contributed by atoms with van der Waals surface area (Å²) in [5.74, 6) is -5.92. The highest BCUT2D eigenvalue weighted by Gasteiger charge is 2.61. The Labute approximate surface area is 540 Å². The highest BCUT2D eigenvalue weighted by Crippen LogP contribution is 2.40. The average Bonchev–Trinajstić information content (AvgIpc) is 1.01. The molecule has 8 fully saturated rings. The van der Waals surface area contributed by atoms with Crippen molar-refractivity contribution >= 4 is 23.8 Å². The maximum Gasteiger partial charge on any atom is 0.335 e. The van der Waals surface area contributed by atoms with Gasteiger partial charge in [0.15, 0.2) is 62.5 Å². The van der Waals surface area contributed by atoms with Gasteiger partial charge in [-0.3, -0.25) is 9.59 Å². The lowest BCUT2D eigenvalue weighted by atomic mass is 9.94. The molecule has 8 rings (SSSR count). The number of carboxylic acids is 2. The molecular weight excluding hydrogens is 1320 g/mol. The number of nitrogens with one attached hydrogen (secondary N) is 2. The van der Waals surface area contributed by atoms with E-state index in [1.165, 1.54) is 6.92 Å². The van der Waals surface area contributed by atoms with Crippen LogP contribution in [0.2, 0.25) is 0 Å². The molecule has 25 N–H and O–H groups in total. The lowest BCUT2D eigenvalue weighted by Crippen LogP contribution is -2.70. The van der Waals surface area contributed by atoms with Gasteiger partial charge in [-0.1, -0.05) is 0 Å². The average molecular weight is 1410 g/mol. The second kappa shape index (κ2) is 33.0. The Morgan fingerprint density at radius 2 is 0.750 bits per heavy atom. The van der Waals surface area contributed by atoms with E-state index in [2.05, 4.69) is 10.6 Å². The van der Waals surface area contributed by atoms with E-state index in [0.717, 1.165) is 13.8 Å². The summed E-state index contributed by atoms with van der Waals surface area (Å²) in [5, 5.41) is 254. The fourth-order valence-corrected chi connectivity index (χ4v) is 12.0. The molecule has 0 aromatic heterocycles. The largest absolute Gasteiger partial charge is 0.479 e. The van der Waals surface area contributed by atoms with Crippen molar-refractivity contribution in [3.05, 3.63) is 0 Å². The standard InChI is InChI=1S/C52H84N2O42/c1-9-19(62)26(69)30(73)48(83-9)92-38-28(71)22(65)15(7-58)87-51(38)91-37-27(70)23(66)16(84-45(37)81)8-82-50-39(32(75)34(88-50)12(61)4-55)94-52-40(33(76)36(42(96-52)44(79)80)90-47-18(54-11(3)60)25(68)21(64)14(6-57)86-47)93-49-31(74)29(72)35(41(95-49)43(77)78)89-46-17(53-10(2)59)24(67)20(63)13(5-56)85-46/h9,12-42,45-52,55-58,61-76,81H,4-8H2,1-3H3,(H,53,59)(H,54,60)(H,77,78)(H,79,80)/t9-,12+,13+,14+,15+,16+,17+,18+,19-,20+,21+,22+,23+,24+,25+,26+,27-,28-,29+,30+,31+,32-,33-,34-,35-,36-,37-,38-,39+,40+,41-,42-,45?,46+,47+,48-,49-,50+,51+,52-/m0/s1. The monoisotopic (exact) mass is 1410 g/mol. The number of aliphatic carboxylic acids is 2. The van der Waals surface area contributed by atoms with Crippen molar-refractivity contribution in [3.63, 3.8) is 0 Å². The smallest absolute Gasteiger partial charge is 0.335 e. The summed E-state index contributed by atoms with van der Waals surface area (Å²) in [6, 6.07) is -3.66. The van der Waals surface area contributed by atoms with Crippen LogP contribution < -0.4 is 10.6 Å². The van der Waals surface area contributed by atoms with Gasteiger partial charge in [-0.2, -0.15) is 0 Å². The Morgan fingerprint density at radius 1 is 0.375 bits per heavy atom. The van der Waals surface area contributed by atoms with Crippen molar-refractivity contribution < 1.29 is 208 Å². The fraction of sp³-hybridized carbons (Fsp3) is 0.923. The first-order valence-corrected chi connectivity index (χ1v) is 30.0. The number of carbonyl (C=O) groups is 4. The van der Waals surface area contributed by atoms with E-state index < -0.39 is 302 Å². The predicted octanol–water partition coefficient (Wildman–Crippen LogP) is -17.0. The molecule has 8 aliphatic rings. The number of amides is 2. The van der Waals surface area contributed by atoms with Crippen LogP contribution in [-0.2, 0) is 90.2 Å². The lowest BCUT2D eigenvalue weighted by molar-refractivity contribution is -0.393. The third kappa shape index (κ3) is 16.5. The number of aliphatic hydroxyl groups is 21. The van der Waals surface area contributed by atoms with Gasteiger partial charge in [0.05, 0.1) is 39.1 Å². The third-order valence-electron chi connectivity index (χ3n) is 17.3. The Kier molecular flexibility index (Phi) is 26.9. The van der Waals surface area contributed by atoms with Gasteiger partial charge >= 0.3 is 11.9 Å². The van der Waals surface area contributed by atoms with E-state index in [-0.39, 0.29) is 0 Å². The molecule has 8 aliphatic heterocycles. The quantitative estimate of drug-likeness (QED) is 0.0427. The van der Waals surface area contributed by atoms with Crippen molar-refractivity contribution in [1.29, 1.82) is 0 Å². The number of ether oxygens (including phenoxy) is 15. The van der Waals surface area contributed by atoms with Crippen LogP contribution in [-0.4, -0.2) is 420 Å². The molecule has 0 aromatic carbocycles. The molecule has 96 heavy (non-hydrogen) atoms. The van der Waals surface area contributed by atoms with E-state index >= 15 is 0 Å². The van der Waals surface area contributed by atoms with E-state index in [4.69, 9.17) is 71.1 Å². The van der Waals surface area contributed by atoms with Crippen LogP contribution in [0.3, 0.4) is 0 Å². The first-order chi connectivity index (χ1) is 45.2. The summed E-state index contributed by atoms with van der Waals surface area (Å²) in [6.45, 7) is -2.20. The second-order valence-corrected chi connectivity index (χ2v) is 23.9. The molecule has 8 heterocycles. The van der Waals surface area contributed by atoms with Crippen LogP contribution in [0, 0.1) is 0 Å². The van der Waals surface area contributed by atoms with Gasteiger partial charge in [0.25, 0.3) is 0 Å². The summed E-state index contributed by atoms with van der Waals surface area (Å²) >= 11 is 0. The SMILES string of the molecule is CC(=O)N[C@H]1[C@@H](O[C@H]2[C@H](O)[C@@H](O)[C@@H](O[C@H]3[C@@H](O[C@H]4[C@H](OC[C@H]5OC(O)[C@@H](O[C@H]6O[C@H](CO)[C@@H](O)[C@H](O)[C@@H]6O[C@@H]6O[C@@H](C)[C@H](O)[C@@H](O)[C@H]6O)[C@@H](O)[C@@H]5O)O[C@@H]([C@H](O)CO)[C@@H]4O)O[C@H](C(=O)O)[C@@H](O[C@H]4O[C@H](CO)[C@@H](O)[C@H](O)[C@H]4NC(C)=O)[C@@H]3O)O[C@@H]2C(=O)O)O[C@H](CO)[C@@H](O)[C@@H]1O. The maximum atomic E-state index is 13.3. The number of carbonyl (C=O) groups excluding carboxylic acids is 2. The number of rotatable bonds is 24. The van der Waals surface area contributed by atoms with Crippen molar-refractivity contribution in [2.75, 3.05) is 33.0 Å². The van der Waals surface area contributed by atoms with E-state index in [0.29, 0.717) is 0 Å². The number of aliphatic hydroxyl groups excluding tert-OH is 21. The minimum absolute atomic E-state index is 0.878. The second-order valence-electron chi connectivity index (χ2n) is 23.9. The van der Waals surface area contributed by atoms with E-state index in [9.17, 15) is 137 Å². The molecule has 8 saturated heterocycles. The van der Waals surface area contributed by atoms with E-state index in [1.54, 1.807) is 0 Å². The minimum Gasteiger partial charge on any atom is -0.479 e. The molecule has 0 bridgehead atoms. The van der Waals surface area contributed by atoms with Gasteiger partial charge in [-0.05, 0) is 6.92 Å². The lowest BCUT2D eigenvalue weighted by Gasteiger charge is -2.49. The number of hydrogen-bond acceptors (Lipinski definition) is 40. The van der Waals surface area contributed by atoms with Crippen LogP contribution in [0.1, 0.15) is 20.8 Å². The fourth-order valence-electron chi connectivity index (χ4n) is 12.0. The molecule has 0 aliphatic carbocycles. The van der Waals surface area contributed by atoms with Crippen LogP contribution in [0.25, 0.3) is 0 Å². The molecule has 44 nitrogen and oxygen atoms in total. The predicted molar refractivity (Wildman–Crippen MR) is 287 cm³/mol. The molecule has 554 valence electrons. The third-order valence-corrected chi connectivity index (χ3v) is 17.3. The summed E-state index contributed by atoms with van der Waals surface area (Å²) < 4.78 is 85.3.